The number of rotatable bonds is 5. The van der Waals surface area contributed by atoms with E-state index in [4.69, 9.17) is 0 Å². The lowest BCUT2D eigenvalue weighted by Crippen LogP contribution is -2.56. The smallest absolute Gasteiger partial charge is 0.329 e. The fourth-order valence-electron chi connectivity index (χ4n) is 5.03. The first-order valence-corrected chi connectivity index (χ1v) is 12.1. The molecule has 162 valence electrons. The first-order valence-electron chi connectivity index (χ1n) is 10.7. The van der Waals surface area contributed by atoms with Crippen LogP contribution in [0.1, 0.15) is 44.6 Å². The van der Waals surface area contributed by atoms with E-state index in [2.05, 4.69) is 4.98 Å². The van der Waals surface area contributed by atoms with Crippen LogP contribution in [-0.4, -0.2) is 56.2 Å². The van der Waals surface area contributed by atoms with Gasteiger partial charge in [0.05, 0.1) is 16.5 Å². The fraction of sp³-hybridized carbons (Fsp3) is 0.591. The highest BCUT2D eigenvalue weighted by molar-refractivity contribution is 7.98. The number of para-hydroxylation sites is 1. The number of carbonyl (C=O) groups excluding carboxylic acids is 1. The average Bonchev–Trinajstić information content (AvgIpc) is 2.75. The van der Waals surface area contributed by atoms with E-state index in [1.165, 1.54) is 0 Å². The fourth-order valence-corrected chi connectivity index (χ4v) is 5.49. The molecule has 2 N–H and O–H groups in total. The number of aliphatic hydroxyl groups is 1. The summed E-state index contributed by atoms with van der Waals surface area (Å²) in [7, 11) is 0. The molecule has 1 saturated heterocycles. The highest BCUT2D eigenvalue weighted by Gasteiger charge is 2.44. The van der Waals surface area contributed by atoms with Crippen molar-refractivity contribution in [3.63, 3.8) is 0 Å². The van der Waals surface area contributed by atoms with Crippen molar-refractivity contribution in [2.75, 3.05) is 25.1 Å². The first kappa shape index (κ1) is 21.2. The predicted octanol–water partition coefficient (Wildman–Crippen LogP) is 2.14. The molecule has 8 heteroatoms. The summed E-state index contributed by atoms with van der Waals surface area (Å²) in [4.78, 5) is 44.0. The maximum absolute atomic E-state index is 13.5. The summed E-state index contributed by atoms with van der Waals surface area (Å²) in [5.74, 6) is 0.535. The molecule has 30 heavy (non-hydrogen) atoms. The molecule has 0 spiro atoms. The van der Waals surface area contributed by atoms with Gasteiger partial charge < -0.3 is 15.0 Å². The zero-order valence-corrected chi connectivity index (χ0v) is 18.1. The number of nitrogens with one attached hydrogen (secondary N) is 1. The van der Waals surface area contributed by atoms with Crippen LogP contribution in [0.4, 0.5) is 0 Å². The molecule has 1 saturated carbocycles. The highest BCUT2D eigenvalue weighted by Crippen LogP contribution is 2.40. The number of thioether (sulfide) groups is 1. The van der Waals surface area contributed by atoms with Crippen LogP contribution >= 0.6 is 11.8 Å². The molecule has 1 aliphatic carbocycles. The molecule has 2 aliphatic rings. The number of fused-ring (bicyclic) bond motifs is 2. The lowest BCUT2D eigenvalue weighted by Gasteiger charge is -2.48. The van der Waals surface area contributed by atoms with Crippen LogP contribution in [0.2, 0.25) is 0 Å². The number of hydrogen-bond donors (Lipinski definition) is 2. The maximum Gasteiger partial charge on any atom is 0.329 e. The summed E-state index contributed by atoms with van der Waals surface area (Å²) in [6, 6.07) is 6.03. The number of amides is 1. The van der Waals surface area contributed by atoms with Gasteiger partial charge in [0, 0.05) is 19.0 Å². The molecule has 1 aromatic carbocycles. The molecule has 1 aliphatic heterocycles. The summed E-state index contributed by atoms with van der Waals surface area (Å²) in [5.41, 5.74) is -1.18. The second-order valence-corrected chi connectivity index (χ2v) is 9.51. The van der Waals surface area contributed by atoms with E-state index in [-0.39, 0.29) is 11.8 Å². The van der Waals surface area contributed by atoms with Gasteiger partial charge in [-0.3, -0.25) is 9.59 Å². The van der Waals surface area contributed by atoms with Crippen molar-refractivity contribution in [1.29, 1.82) is 0 Å². The summed E-state index contributed by atoms with van der Waals surface area (Å²) < 4.78 is 1.10. The Hall–Kier alpha value is -2.06. The van der Waals surface area contributed by atoms with Crippen LogP contribution in [-0.2, 0) is 4.79 Å². The van der Waals surface area contributed by atoms with Gasteiger partial charge in [-0.1, -0.05) is 25.0 Å². The molecule has 7 nitrogen and oxygen atoms in total. The lowest BCUT2D eigenvalue weighted by atomic mass is 9.71. The van der Waals surface area contributed by atoms with E-state index in [0.717, 1.165) is 30.3 Å². The largest absolute Gasteiger partial charge is 0.389 e. The summed E-state index contributed by atoms with van der Waals surface area (Å²) in [6.07, 6.45) is 6.70. The van der Waals surface area contributed by atoms with Crippen molar-refractivity contribution in [3.8, 4) is 0 Å². The second kappa shape index (κ2) is 8.59. The Kier molecular flexibility index (Phi) is 6.06. The van der Waals surface area contributed by atoms with E-state index in [9.17, 15) is 19.5 Å². The molecular formula is C22H29N3O4S. The Morgan fingerprint density at radius 3 is 2.90 bits per heavy atom. The minimum absolute atomic E-state index is 0.0664. The Morgan fingerprint density at radius 2 is 2.10 bits per heavy atom. The zero-order chi connectivity index (χ0) is 21.3. The normalized spacial score (nSPS) is 25.1. The molecule has 2 heterocycles. The molecule has 3 atom stereocenters. The van der Waals surface area contributed by atoms with E-state index in [0.29, 0.717) is 42.6 Å². The van der Waals surface area contributed by atoms with Crippen LogP contribution < -0.4 is 11.2 Å². The van der Waals surface area contributed by atoms with Gasteiger partial charge in [0.2, 0.25) is 5.91 Å². The van der Waals surface area contributed by atoms with Crippen LogP contribution in [0.15, 0.2) is 33.9 Å². The Balaban J connectivity index is 1.68. The molecular weight excluding hydrogens is 402 g/mol. The topological polar surface area (TPSA) is 95.4 Å². The third kappa shape index (κ3) is 3.83. The highest BCUT2D eigenvalue weighted by atomic mass is 32.2. The van der Waals surface area contributed by atoms with Gasteiger partial charge >= 0.3 is 5.69 Å². The number of benzene rings is 1. The molecule has 1 amide bonds. The number of aromatic nitrogens is 2. The number of piperidine rings is 1. The molecule has 1 aromatic heterocycles. The average molecular weight is 432 g/mol. The standard InChI is InChI=1S/C22H29N3O4S/c1-30-13-9-18(25-19(26)16-7-2-3-8-17(16)23-21(25)28)20(27)24-12-11-22(29)10-5-4-6-15(22)14-24/h2-3,7-8,15,18,29H,4-6,9-14H2,1H3,(H,23,28)/t15-,18-,22-/m0/s1. The van der Waals surface area contributed by atoms with Crippen molar-refractivity contribution >= 4 is 28.6 Å². The van der Waals surface area contributed by atoms with Crippen LogP contribution in [0, 0.1) is 5.92 Å². The molecule has 0 unspecified atom stereocenters. The zero-order valence-electron chi connectivity index (χ0n) is 17.3. The first-order chi connectivity index (χ1) is 14.4. The van der Waals surface area contributed by atoms with Gasteiger partial charge in [-0.25, -0.2) is 9.36 Å². The Labute approximate surface area is 179 Å². The number of hydrogen-bond acceptors (Lipinski definition) is 5. The van der Waals surface area contributed by atoms with Crippen molar-refractivity contribution in [1.82, 2.24) is 14.5 Å². The van der Waals surface area contributed by atoms with Gasteiger partial charge in [0.1, 0.15) is 6.04 Å². The van der Waals surface area contributed by atoms with Crippen molar-refractivity contribution in [2.45, 2.75) is 50.2 Å². The van der Waals surface area contributed by atoms with E-state index >= 15 is 0 Å². The summed E-state index contributed by atoms with van der Waals surface area (Å²) in [5, 5.41) is 11.3. The minimum Gasteiger partial charge on any atom is -0.389 e. The SMILES string of the molecule is CSCC[C@@H](C(=O)N1CC[C@@]2(O)CCCC[C@H]2C1)n1c(=O)[nH]c2ccccc2c1=O. The van der Waals surface area contributed by atoms with Crippen molar-refractivity contribution < 1.29 is 9.90 Å². The number of carbonyl (C=O) groups is 1. The van der Waals surface area contributed by atoms with E-state index < -0.39 is 22.9 Å². The Morgan fingerprint density at radius 1 is 1.30 bits per heavy atom. The molecule has 0 radical (unpaired) electrons. The van der Waals surface area contributed by atoms with Gasteiger partial charge in [-0.05, 0) is 49.8 Å². The third-order valence-electron chi connectivity index (χ3n) is 6.77. The minimum atomic E-state index is -0.840. The molecule has 0 bridgehead atoms. The molecule has 2 aromatic rings. The third-order valence-corrected chi connectivity index (χ3v) is 7.41. The summed E-state index contributed by atoms with van der Waals surface area (Å²) >= 11 is 1.58. The van der Waals surface area contributed by atoms with Crippen molar-refractivity contribution in [3.05, 3.63) is 45.1 Å². The number of nitrogens with zero attached hydrogens (tertiary/aromatic N) is 2. The molecule has 2 fully saturated rings. The van der Waals surface area contributed by atoms with Gasteiger partial charge in [-0.15, -0.1) is 0 Å². The van der Waals surface area contributed by atoms with E-state index in [1.807, 2.05) is 6.26 Å². The number of likely N-dealkylation sites (tertiary alicyclic amines) is 1. The van der Waals surface area contributed by atoms with Crippen LogP contribution in [0.5, 0.6) is 0 Å². The quantitative estimate of drug-likeness (QED) is 0.756. The van der Waals surface area contributed by atoms with Crippen LogP contribution in [0.25, 0.3) is 10.9 Å². The van der Waals surface area contributed by atoms with Gasteiger partial charge in [0.25, 0.3) is 5.56 Å². The number of H-pyrrole nitrogens is 1. The van der Waals surface area contributed by atoms with E-state index in [1.54, 1.807) is 40.9 Å². The van der Waals surface area contributed by atoms with Gasteiger partial charge in [-0.2, -0.15) is 11.8 Å². The predicted molar refractivity (Wildman–Crippen MR) is 119 cm³/mol. The second-order valence-electron chi connectivity index (χ2n) is 8.53. The van der Waals surface area contributed by atoms with Crippen molar-refractivity contribution in [2.24, 2.45) is 5.92 Å². The number of aromatic amines is 1. The van der Waals surface area contributed by atoms with Gasteiger partial charge in [0.15, 0.2) is 0 Å². The molecule has 4 rings (SSSR count). The Bertz CT molecular complexity index is 1050. The summed E-state index contributed by atoms with van der Waals surface area (Å²) in [6.45, 7) is 0.952. The monoisotopic (exact) mass is 431 g/mol. The lowest BCUT2D eigenvalue weighted by molar-refractivity contribution is -0.146. The maximum atomic E-state index is 13.5. The van der Waals surface area contributed by atoms with Crippen LogP contribution in [0.3, 0.4) is 0 Å².